The molecule has 0 spiro atoms. The molecule has 2 N–H and O–H groups in total. The van der Waals surface area contributed by atoms with Gasteiger partial charge in [-0.05, 0) is 18.4 Å². The molecule has 1 rings (SSSR count). The van der Waals surface area contributed by atoms with Gasteiger partial charge in [-0.3, -0.25) is 0 Å². The highest BCUT2D eigenvalue weighted by molar-refractivity contribution is 5.25. The zero-order valence-electron chi connectivity index (χ0n) is 10.8. The van der Waals surface area contributed by atoms with E-state index in [9.17, 15) is 13.2 Å². The molecule has 4 heteroatoms. The molecule has 0 aliphatic carbocycles. The van der Waals surface area contributed by atoms with E-state index in [-0.39, 0.29) is 17.9 Å². The largest absolute Gasteiger partial charge is 0.389 e. The molecule has 0 radical (unpaired) electrons. The summed E-state index contributed by atoms with van der Waals surface area (Å²) >= 11 is 0. The van der Waals surface area contributed by atoms with Crippen molar-refractivity contribution in [3.8, 4) is 0 Å². The highest BCUT2D eigenvalue weighted by Gasteiger charge is 2.31. The van der Waals surface area contributed by atoms with E-state index < -0.39 is 12.6 Å². The zero-order chi connectivity index (χ0) is 13.8. The summed E-state index contributed by atoms with van der Waals surface area (Å²) in [4.78, 5) is 0. The van der Waals surface area contributed by atoms with Gasteiger partial charge < -0.3 is 5.73 Å². The molecule has 0 aliphatic heterocycles. The highest BCUT2D eigenvalue weighted by Crippen LogP contribution is 2.30. The van der Waals surface area contributed by atoms with Crippen molar-refractivity contribution in [1.29, 1.82) is 0 Å². The van der Waals surface area contributed by atoms with Crippen LogP contribution >= 0.6 is 0 Å². The van der Waals surface area contributed by atoms with Crippen LogP contribution in [0.3, 0.4) is 0 Å². The van der Waals surface area contributed by atoms with E-state index in [4.69, 9.17) is 5.73 Å². The van der Waals surface area contributed by atoms with Gasteiger partial charge in [-0.25, -0.2) is 0 Å². The number of halogens is 3. The van der Waals surface area contributed by atoms with Crippen LogP contribution in [0.5, 0.6) is 0 Å². The third-order valence-corrected chi connectivity index (χ3v) is 3.42. The normalized spacial score (nSPS) is 14.6. The van der Waals surface area contributed by atoms with Crippen molar-refractivity contribution >= 4 is 0 Å². The minimum absolute atomic E-state index is 0.0843. The fourth-order valence-corrected chi connectivity index (χ4v) is 1.97. The van der Waals surface area contributed by atoms with E-state index in [2.05, 4.69) is 0 Å². The van der Waals surface area contributed by atoms with Gasteiger partial charge in [0.05, 0.1) is 0 Å². The first-order chi connectivity index (χ1) is 8.23. The monoisotopic (exact) mass is 259 g/mol. The Morgan fingerprint density at radius 3 is 2.17 bits per heavy atom. The SMILES string of the molecule is CC(C)(c1ccccc1)C(N)CCCC(F)(F)F. The average Bonchev–Trinajstić information content (AvgIpc) is 2.28. The minimum atomic E-state index is -4.09. The van der Waals surface area contributed by atoms with Crippen LogP contribution in [0.1, 0.15) is 38.7 Å². The summed E-state index contributed by atoms with van der Waals surface area (Å²) in [5, 5.41) is 0. The number of hydrogen-bond donors (Lipinski definition) is 1. The Bertz CT molecular complexity index is 357. The second-order valence-electron chi connectivity index (χ2n) is 5.20. The Morgan fingerprint density at radius 2 is 1.67 bits per heavy atom. The second kappa shape index (κ2) is 5.74. The summed E-state index contributed by atoms with van der Waals surface area (Å²) in [6.45, 7) is 3.95. The first-order valence-electron chi connectivity index (χ1n) is 6.11. The summed E-state index contributed by atoms with van der Waals surface area (Å²) in [5.41, 5.74) is 6.79. The standard InChI is InChI=1S/C14H20F3N/c1-13(2,11-7-4-3-5-8-11)12(18)9-6-10-14(15,16)17/h3-5,7-8,12H,6,9-10,18H2,1-2H3. The van der Waals surface area contributed by atoms with Crippen LogP contribution in [0.4, 0.5) is 13.2 Å². The van der Waals surface area contributed by atoms with Crippen molar-refractivity contribution < 1.29 is 13.2 Å². The molecule has 0 bridgehead atoms. The van der Waals surface area contributed by atoms with Gasteiger partial charge in [-0.1, -0.05) is 44.2 Å². The average molecular weight is 259 g/mol. The van der Waals surface area contributed by atoms with Crippen LogP contribution in [0.15, 0.2) is 30.3 Å². The van der Waals surface area contributed by atoms with Gasteiger partial charge in [0.2, 0.25) is 0 Å². The minimum Gasteiger partial charge on any atom is -0.327 e. The number of hydrogen-bond acceptors (Lipinski definition) is 1. The molecule has 1 unspecified atom stereocenters. The molecule has 0 aromatic heterocycles. The van der Waals surface area contributed by atoms with Crippen LogP contribution in [0.2, 0.25) is 0 Å². The summed E-state index contributed by atoms with van der Waals surface area (Å²) < 4.78 is 36.3. The predicted octanol–water partition coefficient (Wildman–Crippen LogP) is 4.02. The van der Waals surface area contributed by atoms with Gasteiger partial charge in [0.25, 0.3) is 0 Å². The number of nitrogens with two attached hydrogens (primary N) is 1. The zero-order valence-corrected chi connectivity index (χ0v) is 10.8. The second-order valence-corrected chi connectivity index (χ2v) is 5.20. The third kappa shape index (κ3) is 4.33. The Kier molecular flexibility index (Phi) is 4.79. The van der Waals surface area contributed by atoms with Gasteiger partial charge in [0.1, 0.15) is 0 Å². The number of alkyl halides is 3. The molecule has 0 saturated carbocycles. The van der Waals surface area contributed by atoms with Gasteiger partial charge >= 0.3 is 6.18 Å². The van der Waals surface area contributed by atoms with Gasteiger partial charge in [-0.15, -0.1) is 0 Å². The van der Waals surface area contributed by atoms with Crippen molar-refractivity contribution in [1.82, 2.24) is 0 Å². The topological polar surface area (TPSA) is 26.0 Å². The van der Waals surface area contributed by atoms with Crippen LogP contribution < -0.4 is 5.73 Å². The molecule has 1 aromatic rings. The lowest BCUT2D eigenvalue weighted by molar-refractivity contribution is -0.135. The Balaban J connectivity index is 2.58. The molecule has 0 amide bonds. The van der Waals surface area contributed by atoms with Crippen molar-refractivity contribution in [2.24, 2.45) is 5.73 Å². The lowest BCUT2D eigenvalue weighted by atomic mass is 9.76. The van der Waals surface area contributed by atoms with Gasteiger partial charge in [0.15, 0.2) is 0 Å². The molecule has 0 heterocycles. The maximum Gasteiger partial charge on any atom is 0.389 e. The van der Waals surface area contributed by atoms with E-state index in [1.165, 1.54) is 0 Å². The molecule has 1 atom stereocenters. The first kappa shape index (κ1) is 15.0. The fraction of sp³-hybridized carbons (Fsp3) is 0.571. The van der Waals surface area contributed by atoms with Crippen molar-refractivity contribution in [3.63, 3.8) is 0 Å². The first-order valence-corrected chi connectivity index (χ1v) is 6.11. The van der Waals surface area contributed by atoms with Crippen LogP contribution in [-0.2, 0) is 5.41 Å². The summed E-state index contributed by atoms with van der Waals surface area (Å²) in [6, 6.07) is 9.39. The molecule has 1 nitrogen and oxygen atoms in total. The summed E-state index contributed by atoms with van der Waals surface area (Å²) in [7, 11) is 0. The van der Waals surface area contributed by atoms with Gasteiger partial charge in [-0.2, -0.15) is 13.2 Å². The molecule has 0 fully saturated rings. The van der Waals surface area contributed by atoms with E-state index in [1.807, 2.05) is 44.2 Å². The lowest BCUT2D eigenvalue weighted by Crippen LogP contribution is -2.40. The number of benzene rings is 1. The van der Waals surface area contributed by atoms with Gasteiger partial charge in [0, 0.05) is 17.9 Å². The molecule has 0 saturated heterocycles. The highest BCUT2D eigenvalue weighted by atomic mass is 19.4. The molecule has 1 aromatic carbocycles. The Morgan fingerprint density at radius 1 is 1.11 bits per heavy atom. The third-order valence-electron chi connectivity index (χ3n) is 3.42. The number of rotatable bonds is 5. The molecular formula is C14H20F3N. The maximum atomic E-state index is 12.1. The van der Waals surface area contributed by atoms with Crippen LogP contribution in [-0.4, -0.2) is 12.2 Å². The van der Waals surface area contributed by atoms with E-state index in [0.717, 1.165) is 5.56 Å². The quantitative estimate of drug-likeness (QED) is 0.849. The van der Waals surface area contributed by atoms with Crippen LogP contribution in [0.25, 0.3) is 0 Å². The molecule has 102 valence electrons. The van der Waals surface area contributed by atoms with E-state index >= 15 is 0 Å². The Hall–Kier alpha value is -1.03. The maximum absolute atomic E-state index is 12.1. The molecular weight excluding hydrogens is 239 g/mol. The molecule has 18 heavy (non-hydrogen) atoms. The van der Waals surface area contributed by atoms with E-state index in [0.29, 0.717) is 6.42 Å². The Labute approximate surface area is 106 Å². The van der Waals surface area contributed by atoms with Crippen LogP contribution in [0, 0.1) is 0 Å². The van der Waals surface area contributed by atoms with E-state index in [1.54, 1.807) is 0 Å². The lowest BCUT2D eigenvalue weighted by Gasteiger charge is -2.32. The van der Waals surface area contributed by atoms with Crippen molar-refractivity contribution in [2.45, 2.75) is 50.7 Å². The summed E-state index contributed by atoms with van der Waals surface area (Å²) in [6.07, 6.45) is -4.38. The molecule has 0 aliphatic rings. The summed E-state index contributed by atoms with van der Waals surface area (Å²) in [5.74, 6) is 0. The smallest absolute Gasteiger partial charge is 0.327 e. The predicted molar refractivity (Wildman–Crippen MR) is 67.3 cm³/mol. The van der Waals surface area contributed by atoms with Crippen molar-refractivity contribution in [2.75, 3.05) is 0 Å². The van der Waals surface area contributed by atoms with Crippen molar-refractivity contribution in [3.05, 3.63) is 35.9 Å². The fourth-order valence-electron chi connectivity index (χ4n) is 1.97.